The van der Waals surface area contributed by atoms with Gasteiger partial charge in [-0.15, -0.1) is 0 Å². The molecule has 2 aromatic rings. The van der Waals surface area contributed by atoms with Gasteiger partial charge in [0, 0.05) is 0 Å². The maximum Gasteiger partial charge on any atom is 0.416 e. The molecule has 0 atom stereocenters. The summed E-state index contributed by atoms with van der Waals surface area (Å²) in [6.45, 7) is 3.89. The van der Waals surface area contributed by atoms with E-state index in [1.165, 1.54) is 24.3 Å². The quantitative estimate of drug-likeness (QED) is 0.418. The third-order valence-electron chi connectivity index (χ3n) is 4.61. The van der Waals surface area contributed by atoms with Crippen LogP contribution < -0.4 is 9.46 Å². The van der Waals surface area contributed by atoms with Crippen molar-refractivity contribution in [1.82, 2.24) is 0 Å². The zero-order valence-corrected chi connectivity index (χ0v) is 18.6. The summed E-state index contributed by atoms with van der Waals surface area (Å²) in [5.41, 5.74) is -0.508. The molecule has 2 rings (SSSR count). The molecule has 0 radical (unpaired) electrons. The summed E-state index contributed by atoms with van der Waals surface area (Å²) in [5.74, 6) is -1.09. The zero-order valence-electron chi connectivity index (χ0n) is 17.8. The number of carbonyl (C=O) groups is 1. The van der Waals surface area contributed by atoms with Crippen LogP contribution in [0.5, 0.6) is 5.75 Å². The van der Waals surface area contributed by atoms with Gasteiger partial charge in [-0.3, -0.25) is 4.72 Å². The second-order valence-corrected chi connectivity index (χ2v) is 9.65. The van der Waals surface area contributed by atoms with Crippen LogP contribution in [0.2, 0.25) is 0 Å². The molecule has 2 aromatic carbocycles. The summed E-state index contributed by atoms with van der Waals surface area (Å²) in [6.07, 6.45) is -2.60. The summed E-state index contributed by atoms with van der Waals surface area (Å²) in [5, 5.41) is 8.94. The third-order valence-corrected chi connectivity index (χ3v) is 5.97. The van der Waals surface area contributed by atoms with Crippen LogP contribution in [0.25, 0.3) is 0 Å². The van der Waals surface area contributed by atoms with Crippen molar-refractivity contribution in [2.75, 3.05) is 10.5 Å². The number of hydrogen-bond acceptors (Lipinski definition) is 4. The van der Waals surface area contributed by atoms with E-state index in [2.05, 4.69) is 4.72 Å². The highest BCUT2D eigenvalue weighted by Gasteiger charge is 2.31. The Morgan fingerprint density at radius 2 is 1.75 bits per heavy atom. The number of carboxylic acids is 1. The predicted molar refractivity (Wildman–Crippen MR) is 115 cm³/mol. The lowest BCUT2D eigenvalue weighted by Gasteiger charge is -2.16. The van der Waals surface area contributed by atoms with E-state index >= 15 is 0 Å². The summed E-state index contributed by atoms with van der Waals surface area (Å²) in [6, 6.07) is 8.16. The molecule has 0 aliphatic carbocycles. The Morgan fingerprint density at radius 3 is 2.31 bits per heavy atom. The van der Waals surface area contributed by atoms with Crippen molar-refractivity contribution >= 4 is 21.7 Å². The number of ether oxygens (including phenoxy) is 1. The third kappa shape index (κ3) is 8.07. The van der Waals surface area contributed by atoms with E-state index < -0.39 is 27.7 Å². The average molecular weight is 474 g/mol. The monoisotopic (exact) mass is 473 g/mol. The van der Waals surface area contributed by atoms with Crippen LogP contribution in [0.15, 0.2) is 42.5 Å². The molecule has 0 saturated carbocycles. The molecule has 6 nitrogen and oxygen atoms in total. The molecule has 0 amide bonds. The molecule has 176 valence electrons. The fourth-order valence-electron chi connectivity index (χ4n) is 2.87. The number of hydrogen-bond donors (Lipinski definition) is 2. The second kappa shape index (κ2) is 10.7. The first-order valence-electron chi connectivity index (χ1n) is 10.0. The van der Waals surface area contributed by atoms with Crippen LogP contribution in [-0.2, 0) is 22.8 Å². The molecule has 0 fully saturated rings. The minimum Gasteiger partial charge on any atom is -0.487 e. The summed E-state index contributed by atoms with van der Waals surface area (Å²) >= 11 is 0. The largest absolute Gasteiger partial charge is 0.487 e. The minimum absolute atomic E-state index is 0.0544. The van der Waals surface area contributed by atoms with Gasteiger partial charge in [0.2, 0.25) is 10.0 Å². The first-order chi connectivity index (χ1) is 14.9. The van der Waals surface area contributed by atoms with Crippen molar-refractivity contribution in [2.45, 2.75) is 45.9 Å². The molecule has 0 aromatic heterocycles. The molecule has 0 saturated heterocycles. The summed E-state index contributed by atoms with van der Waals surface area (Å²) < 4.78 is 72.0. The molecule has 2 N–H and O–H groups in total. The molecular formula is C22H26F3NO5S. The SMILES string of the molecule is CC(C)CCCCS(=O)(=O)Nc1ccc(C(F)(F)F)cc1OCc1ccc(C(=O)O)cc1. The van der Waals surface area contributed by atoms with Crippen molar-refractivity contribution in [3.63, 3.8) is 0 Å². The van der Waals surface area contributed by atoms with E-state index in [1.54, 1.807) is 0 Å². The Morgan fingerprint density at radius 1 is 1.09 bits per heavy atom. The zero-order chi connectivity index (χ0) is 23.9. The van der Waals surface area contributed by atoms with Gasteiger partial charge in [-0.2, -0.15) is 13.2 Å². The van der Waals surface area contributed by atoms with E-state index in [4.69, 9.17) is 9.84 Å². The van der Waals surface area contributed by atoms with Crippen LogP contribution >= 0.6 is 0 Å². The van der Waals surface area contributed by atoms with Gasteiger partial charge in [0.1, 0.15) is 12.4 Å². The van der Waals surface area contributed by atoms with Crippen LogP contribution in [0.1, 0.15) is 54.6 Å². The lowest BCUT2D eigenvalue weighted by atomic mass is 10.1. The number of sulfonamides is 1. The van der Waals surface area contributed by atoms with Crippen molar-refractivity contribution in [3.8, 4) is 5.75 Å². The Hall–Kier alpha value is -2.75. The van der Waals surface area contributed by atoms with Crippen LogP contribution in [-0.4, -0.2) is 25.2 Å². The lowest BCUT2D eigenvalue weighted by Crippen LogP contribution is -2.18. The Balaban J connectivity index is 2.18. The Kier molecular flexibility index (Phi) is 8.54. The van der Waals surface area contributed by atoms with E-state index in [9.17, 15) is 26.4 Å². The maximum atomic E-state index is 13.1. The van der Waals surface area contributed by atoms with Crippen LogP contribution in [0.3, 0.4) is 0 Å². The fraction of sp³-hybridized carbons (Fsp3) is 0.409. The van der Waals surface area contributed by atoms with Crippen molar-refractivity contribution < 1.29 is 36.2 Å². The maximum absolute atomic E-state index is 13.1. The summed E-state index contributed by atoms with van der Waals surface area (Å²) in [4.78, 5) is 10.9. The topological polar surface area (TPSA) is 92.7 Å². The Bertz CT molecular complexity index is 1020. The number of aromatic carboxylic acids is 1. The predicted octanol–water partition coefficient (Wildman–Crippen LogP) is 5.55. The smallest absolute Gasteiger partial charge is 0.416 e. The molecule has 0 spiro atoms. The van der Waals surface area contributed by atoms with Gasteiger partial charge in [0.25, 0.3) is 0 Å². The second-order valence-electron chi connectivity index (χ2n) is 7.81. The number of unbranched alkanes of at least 4 members (excludes halogenated alkanes) is 1. The molecule has 0 aliphatic rings. The summed E-state index contributed by atoms with van der Waals surface area (Å²) in [7, 11) is -3.78. The molecule has 0 heterocycles. The number of rotatable bonds is 11. The van der Waals surface area contributed by atoms with Crippen molar-refractivity contribution in [3.05, 3.63) is 59.2 Å². The molecule has 0 unspecified atom stereocenters. The van der Waals surface area contributed by atoms with Crippen LogP contribution in [0.4, 0.5) is 18.9 Å². The van der Waals surface area contributed by atoms with E-state index in [1.807, 2.05) is 13.8 Å². The number of alkyl halides is 3. The van der Waals surface area contributed by atoms with Gasteiger partial charge >= 0.3 is 12.1 Å². The minimum atomic E-state index is -4.63. The molecule has 0 aliphatic heterocycles. The van der Waals surface area contributed by atoms with Gasteiger partial charge in [-0.05, 0) is 48.2 Å². The van der Waals surface area contributed by atoms with Crippen molar-refractivity contribution in [2.24, 2.45) is 5.92 Å². The first kappa shape index (κ1) is 25.5. The van der Waals surface area contributed by atoms with E-state index in [0.717, 1.165) is 31.0 Å². The number of halogens is 3. The number of benzene rings is 2. The lowest BCUT2D eigenvalue weighted by molar-refractivity contribution is -0.137. The fourth-order valence-corrected chi connectivity index (χ4v) is 4.06. The van der Waals surface area contributed by atoms with Gasteiger partial charge in [-0.1, -0.05) is 38.8 Å². The van der Waals surface area contributed by atoms with Crippen LogP contribution in [0, 0.1) is 5.92 Å². The molecule has 0 bridgehead atoms. The normalized spacial score (nSPS) is 12.1. The average Bonchev–Trinajstić information content (AvgIpc) is 2.69. The van der Waals surface area contributed by atoms with E-state index in [0.29, 0.717) is 17.9 Å². The number of carboxylic acid groups (broad SMARTS) is 1. The van der Waals surface area contributed by atoms with Gasteiger partial charge in [0.05, 0.1) is 22.6 Å². The van der Waals surface area contributed by atoms with Gasteiger partial charge < -0.3 is 9.84 Å². The van der Waals surface area contributed by atoms with Gasteiger partial charge in [-0.25, -0.2) is 13.2 Å². The highest BCUT2D eigenvalue weighted by atomic mass is 32.2. The molecule has 32 heavy (non-hydrogen) atoms. The molecular weight excluding hydrogens is 447 g/mol. The van der Waals surface area contributed by atoms with Gasteiger partial charge in [0.15, 0.2) is 0 Å². The number of nitrogens with one attached hydrogen (secondary N) is 1. The van der Waals surface area contributed by atoms with Crippen molar-refractivity contribution in [1.29, 1.82) is 0 Å². The standard InChI is InChI=1S/C22H26F3NO5S/c1-15(2)5-3-4-12-32(29,30)26-19-11-10-18(22(23,24)25)13-20(19)31-14-16-6-8-17(9-7-16)21(27)28/h6-11,13,15,26H,3-5,12,14H2,1-2H3,(H,27,28). The molecule has 10 heteroatoms. The highest BCUT2D eigenvalue weighted by Crippen LogP contribution is 2.36. The Labute approximate surface area is 185 Å². The van der Waals surface area contributed by atoms with E-state index in [-0.39, 0.29) is 29.4 Å². The highest BCUT2D eigenvalue weighted by molar-refractivity contribution is 7.92. The first-order valence-corrected chi connectivity index (χ1v) is 11.7. The number of anilines is 1.